The molecule has 0 saturated carbocycles. The van der Waals surface area contributed by atoms with E-state index in [1.165, 1.54) is 18.0 Å². The Kier molecular flexibility index (Phi) is 5.03. The highest BCUT2D eigenvalue weighted by Gasteiger charge is 2.41. The number of rotatable bonds is 3. The molecule has 0 atom stereocenters. The molecule has 2 aliphatic rings. The molecule has 6 nitrogen and oxygen atoms in total. The van der Waals surface area contributed by atoms with Gasteiger partial charge in [0.1, 0.15) is 11.4 Å². The molecule has 152 valence electrons. The van der Waals surface area contributed by atoms with Crippen molar-refractivity contribution >= 4 is 17.6 Å². The van der Waals surface area contributed by atoms with Gasteiger partial charge in [0.15, 0.2) is 0 Å². The van der Waals surface area contributed by atoms with Crippen LogP contribution in [0.15, 0.2) is 23.8 Å². The highest BCUT2D eigenvalue weighted by atomic mass is 19.4. The van der Waals surface area contributed by atoms with Gasteiger partial charge in [-0.2, -0.15) is 13.2 Å². The predicted octanol–water partition coefficient (Wildman–Crippen LogP) is 3.14. The molecule has 3 rings (SSSR count). The third kappa shape index (κ3) is 3.65. The zero-order chi connectivity index (χ0) is 20.7. The van der Waals surface area contributed by atoms with Gasteiger partial charge in [0.25, 0.3) is 0 Å². The summed E-state index contributed by atoms with van der Waals surface area (Å²) in [6, 6.07) is 2.81. The van der Waals surface area contributed by atoms with Gasteiger partial charge in [-0.25, -0.2) is 4.79 Å². The minimum atomic E-state index is -4.53. The summed E-state index contributed by atoms with van der Waals surface area (Å²) >= 11 is 0. The van der Waals surface area contributed by atoms with Gasteiger partial charge >= 0.3 is 12.2 Å². The van der Waals surface area contributed by atoms with E-state index in [0.717, 1.165) is 12.1 Å². The maximum atomic E-state index is 13.3. The molecule has 0 unspecified atom stereocenters. The van der Waals surface area contributed by atoms with E-state index in [1.54, 1.807) is 13.8 Å². The number of hydrogen-bond acceptors (Lipinski definition) is 3. The van der Waals surface area contributed by atoms with Gasteiger partial charge < -0.3 is 20.3 Å². The molecule has 3 amide bonds. The van der Waals surface area contributed by atoms with Crippen LogP contribution >= 0.6 is 0 Å². The average Bonchev–Trinajstić information content (AvgIpc) is 3.02. The Balaban J connectivity index is 2.19. The molecule has 0 aromatic heterocycles. The first-order valence-corrected chi connectivity index (χ1v) is 8.95. The van der Waals surface area contributed by atoms with Crippen LogP contribution in [-0.4, -0.2) is 42.6 Å². The van der Waals surface area contributed by atoms with Crippen molar-refractivity contribution in [3.8, 4) is 5.75 Å². The largest absolute Gasteiger partial charge is 0.483 e. The van der Waals surface area contributed by atoms with Gasteiger partial charge in [0.05, 0.1) is 11.3 Å². The summed E-state index contributed by atoms with van der Waals surface area (Å²) in [6.07, 6.45) is -3.58. The standard InChI is InChI=1S/C19H22F3N3O3/c1-18(2)13(10-24-17(27)23-3)16(25-8-4-5-15(25)26)12-9-11(19(20,21)22)6-7-14(12)28-18/h6-7,9H,4-5,8,10H2,1-3H3,(H2,23,24,27). The summed E-state index contributed by atoms with van der Waals surface area (Å²) in [4.78, 5) is 25.6. The lowest BCUT2D eigenvalue weighted by molar-refractivity contribution is -0.137. The second-order valence-electron chi connectivity index (χ2n) is 7.23. The molecule has 1 aromatic rings. The van der Waals surface area contributed by atoms with Crippen molar-refractivity contribution in [2.75, 3.05) is 20.1 Å². The van der Waals surface area contributed by atoms with Crippen molar-refractivity contribution in [3.05, 3.63) is 34.9 Å². The van der Waals surface area contributed by atoms with Crippen LogP contribution in [0.4, 0.5) is 18.0 Å². The Labute approximate surface area is 160 Å². The monoisotopic (exact) mass is 397 g/mol. The second kappa shape index (κ2) is 7.03. The lowest BCUT2D eigenvalue weighted by atomic mass is 9.88. The maximum absolute atomic E-state index is 13.3. The number of nitrogens with one attached hydrogen (secondary N) is 2. The summed E-state index contributed by atoms with van der Waals surface area (Å²) in [7, 11) is 1.46. The van der Waals surface area contributed by atoms with Crippen molar-refractivity contribution in [1.82, 2.24) is 15.5 Å². The number of alkyl halides is 3. The highest BCUT2D eigenvalue weighted by molar-refractivity contribution is 5.92. The Morgan fingerprint density at radius 3 is 2.61 bits per heavy atom. The molecular weight excluding hydrogens is 375 g/mol. The summed E-state index contributed by atoms with van der Waals surface area (Å²) in [5, 5.41) is 5.08. The van der Waals surface area contributed by atoms with E-state index in [0.29, 0.717) is 30.7 Å². The molecule has 1 fully saturated rings. The molecule has 2 heterocycles. The van der Waals surface area contributed by atoms with E-state index in [1.807, 2.05) is 0 Å². The number of ether oxygens (including phenoxy) is 1. The predicted molar refractivity (Wildman–Crippen MR) is 96.5 cm³/mol. The maximum Gasteiger partial charge on any atom is 0.416 e. The topological polar surface area (TPSA) is 70.7 Å². The molecule has 1 aromatic carbocycles. The van der Waals surface area contributed by atoms with E-state index in [-0.39, 0.29) is 23.8 Å². The van der Waals surface area contributed by atoms with Gasteiger partial charge in [-0.15, -0.1) is 0 Å². The quantitative estimate of drug-likeness (QED) is 0.823. The van der Waals surface area contributed by atoms with Crippen LogP contribution in [0.3, 0.4) is 0 Å². The first kappa shape index (κ1) is 20.0. The molecular formula is C19H22F3N3O3. The van der Waals surface area contributed by atoms with Gasteiger partial charge in [0.2, 0.25) is 5.91 Å². The lowest BCUT2D eigenvalue weighted by Gasteiger charge is -2.39. The SMILES string of the molecule is CNC(=O)NCC1=C(N2CCCC2=O)c2cc(C(F)(F)F)ccc2OC1(C)C. The summed E-state index contributed by atoms with van der Waals surface area (Å²) in [6.45, 7) is 3.95. The number of nitrogens with zero attached hydrogens (tertiary/aromatic N) is 1. The Morgan fingerprint density at radius 1 is 1.32 bits per heavy atom. The van der Waals surface area contributed by atoms with Crippen LogP contribution in [-0.2, 0) is 11.0 Å². The molecule has 0 aliphatic carbocycles. The smallest absolute Gasteiger partial charge is 0.416 e. The fraction of sp³-hybridized carbons (Fsp3) is 0.474. The van der Waals surface area contributed by atoms with E-state index in [4.69, 9.17) is 4.74 Å². The number of amides is 3. The van der Waals surface area contributed by atoms with Gasteiger partial charge in [-0.05, 0) is 38.5 Å². The van der Waals surface area contributed by atoms with E-state index < -0.39 is 23.4 Å². The molecule has 2 N–H and O–H groups in total. The van der Waals surface area contributed by atoms with Crippen LogP contribution in [0.5, 0.6) is 5.75 Å². The van der Waals surface area contributed by atoms with E-state index >= 15 is 0 Å². The molecule has 0 spiro atoms. The number of halogens is 3. The molecule has 2 aliphatic heterocycles. The summed E-state index contributed by atoms with van der Waals surface area (Å²) < 4.78 is 45.8. The van der Waals surface area contributed by atoms with Crippen LogP contribution in [0, 0.1) is 0 Å². The van der Waals surface area contributed by atoms with Gasteiger partial charge in [-0.3, -0.25) is 4.79 Å². The highest BCUT2D eigenvalue weighted by Crippen LogP contribution is 2.45. The van der Waals surface area contributed by atoms with Crippen LogP contribution in [0.2, 0.25) is 0 Å². The van der Waals surface area contributed by atoms with Crippen molar-refractivity contribution < 1.29 is 27.5 Å². The second-order valence-corrected chi connectivity index (χ2v) is 7.23. The molecule has 0 radical (unpaired) electrons. The third-order valence-electron chi connectivity index (χ3n) is 4.94. The van der Waals surface area contributed by atoms with Crippen LogP contribution < -0.4 is 15.4 Å². The lowest BCUT2D eigenvalue weighted by Crippen LogP contribution is -2.44. The zero-order valence-corrected chi connectivity index (χ0v) is 15.9. The first-order chi connectivity index (χ1) is 13.0. The number of benzene rings is 1. The van der Waals surface area contributed by atoms with Crippen LogP contribution in [0.1, 0.15) is 37.8 Å². The molecule has 28 heavy (non-hydrogen) atoms. The summed E-state index contributed by atoms with van der Waals surface area (Å²) in [5.41, 5.74) is -0.615. The Bertz CT molecular complexity index is 847. The number of hydrogen-bond donors (Lipinski definition) is 2. The van der Waals surface area contributed by atoms with Crippen molar-refractivity contribution in [2.24, 2.45) is 0 Å². The minimum Gasteiger partial charge on any atom is -0.483 e. The first-order valence-electron chi connectivity index (χ1n) is 8.95. The van der Waals surface area contributed by atoms with Crippen molar-refractivity contribution in [1.29, 1.82) is 0 Å². The van der Waals surface area contributed by atoms with Gasteiger partial charge in [0, 0.05) is 37.7 Å². The van der Waals surface area contributed by atoms with Crippen molar-refractivity contribution in [3.63, 3.8) is 0 Å². The average molecular weight is 397 g/mol. The molecule has 9 heteroatoms. The molecule has 0 bridgehead atoms. The Hall–Kier alpha value is -2.71. The van der Waals surface area contributed by atoms with Crippen LogP contribution in [0.25, 0.3) is 5.70 Å². The number of likely N-dealkylation sites (tertiary alicyclic amines) is 1. The fourth-order valence-electron chi connectivity index (χ4n) is 3.51. The Morgan fingerprint density at radius 2 is 2.04 bits per heavy atom. The zero-order valence-electron chi connectivity index (χ0n) is 15.9. The molecule has 1 saturated heterocycles. The minimum absolute atomic E-state index is 0.0292. The van der Waals surface area contributed by atoms with E-state index in [9.17, 15) is 22.8 Å². The summed E-state index contributed by atoms with van der Waals surface area (Å²) in [5.74, 6) is 0.116. The third-order valence-corrected chi connectivity index (χ3v) is 4.94. The number of carbonyl (C=O) groups is 2. The number of fused-ring (bicyclic) bond motifs is 1. The fourth-order valence-corrected chi connectivity index (χ4v) is 3.51. The van der Waals surface area contributed by atoms with Crippen molar-refractivity contribution in [2.45, 2.75) is 38.5 Å². The van der Waals surface area contributed by atoms with Gasteiger partial charge in [-0.1, -0.05) is 0 Å². The van der Waals surface area contributed by atoms with E-state index in [2.05, 4.69) is 10.6 Å². The number of carbonyl (C=O) groups excluding carboxylic acids is 2. The normalized spacial score (nSPS) is 18.6. The number of urea groups is 1.